The molecule has 1 heterocycles. The van der Waals surface area contributed by atoms with E-state index in [4.69, 9.17) is 14.7 Å². The van der Waals surface area contributed by atoms with E-state index in [0.717, 1.165) is 39.1 Å². The minimum Gasteiger partial charge on any atom is -0.497 e. The molecule has 0 spiro atoms. The molecular weight excluding hydrogens is 430 g/mol. The maximum absolute atomic E-state index is 12.6. The van der Waals surface area contributed by atoms with Gasteiger partial charge in [0.05, 0.1) is 35.0 Å². The number of fused-ring (bicyclic) bond motifs is 1. The van der Waals surface area contributed by atoms with E-state index in [9.17, 15) is 4.79 Å². The number of aliphatic imine (C=N–C) groups is 2. The Bertz CT molecular complexity index is 1230. The van der Waals surface area contributed by atoms with Gasteiger partial charge < -0.3 is 10.1 Å². The molecule has 4 rings (SSSR count). The fourth-order valence-electron chi connectivity index (χ4n) is 3.48. The standard InChI is InChI=1S/C27H27N3O2S/c1-17-5-7-20(8-6-17)23-15-27(30-25-14-19(3)18(2)13-24(25)29-23)33-16-26(31)28-21-9-11-22(32-4)12-10-21/h5-14H,15-16H2,1-4H3,(H,28,31). The normalized spacial score (nSPS) is 12.8. The number of hydrogen-bond acceptors (Lipinski definition) is 5. The van der Waals surface area contributed by atoms with Crippen molar-refractivity contribution < 1.29 is 9.53 Å². The van der Waals surface area contributed by atoms with Crippen LogP contribution in [-0.2, 0) is 4.79 Å². The average Bonchev–Trinajstić information content (AvgIpc) is 2.98. The molecule has 168 valence electrons. The minimum atomic E-state index is -0.0775. The molecule has 1 aliphatic rings. The van der Waals surface area contributed by atoms with Crippen molar-refractivity contribution in [3.8, 4) is 5.75 Å². The van der Waals surface area contributed by atoms with Crippen molar-refractivity contribution in [3.63, 3.8) is 0 Å². The van der Waals surface area contributed by atoms with Crippen LogP contribution in [0.25, 0.3) is 0 Å². The van der Waals surface area contributed by atoms with E-state index in [1.165, 1.54) is 28.5 Å². The van der Waals surface area contributed by atoms with Crippen molar-refractivity contribution in [3.05, 3.63) is 82.9 Å². The first-order chi connectivity index (χ1) is 15.9. The second kappa shape index (κ2) is 10.0. The zero-order valence-electron chi connectivity index (χ0n) is 19.3. The van der Waals surface area contributed by atoms with Crippen LogP contribution < -0.4 is 10.1 Å². The summed E-state index contributed by atoms with van der Waals surface area (Å²) in [6.07, 6.45) is 0.580. The molecule has 0 aliphatic carbocycles. The number of aryl methyl sites for hydroxylation is 3. The number of methoxy groups -OCH3 is 1. The summed E-state index contributed by atoms with van der Waals surface area (Å²) >= 11 is 1.45. The Labute approximate surface area is 199 Å². The lowest BCUT2D eigenvalue weighted by Gasteiger charge is -2.09. The summed E-state index contributed by atoms with van der Waals surface area (Å²) in [6.45, 7) is 6.24. The predicted octanol–water partition coefficient (Wildman–Crippen LogP) is 6.55. The van der Waals surface area contributed by atoms with Crippen LogP contribution in [-0.4, -0.2) is 29.5 Å². The second-order valence-electron chi connectivity index (χ2n) is 8.10. The Morgan fingerprint density at radius 1 is 0.939 bits per heavy atom. The largest absolute Gasteiger partial charge is 0.497 e. The van der Waals surface area contributed by atoms with Gasteiger partial charge in [-0.2, -0.15) is 0 Å². The third kappa shape index (κ3) is 5.71. The molecule has 6 heteroatoms. The second-order valence-corrected chi connectivity index (χ2v) is 9.15. The number of nitrogens with one attached hydrogen (secondary N) is 1. The topological polar surface area (TPSA) is 63.0 Å². The van der Waals surface area contributed by atoms with E-state index in [2.05, 4.69) is 62.5 Å². The Kier molecular flexibility index (Phi) is 6.94. The lowest BCUT2D eigenvalue weighted by Crippen LogP contribution is -2.16. The monoisotopic (exact) mass is 457 g/mol. The van der Waals surface area contributed by atoms with E-state index in [1.807, 2.05) is 24.3 Å². The first-order valence-electron chi connectivity index (χ1n) is 10.8. The van der Waals surface area contributed by atoms with Gasteiger partial charge >= 0.3 is 0 Å². The van der Waals surface area contributed by atoms with Gasteiger partial charge in [-0.05, 0) is 73.9 Å². The Morgan fingerprint density at radius 3 is 2.21 bits per heavy atom. The smallest absolute Gasteiger partial charge is 0.234 e. The van der Waals surface area contributed by atoms with Crippen molar-refractivity contribution >= 4 is 45.5 Å². The fourth-order valence-corrected chi connectivity index (χ4v) is 4.25. The number of hydrogen-bond donors (Lipinski definition) is 1. The number of rotatable bonds is 5. The molecule has 33 heavy (non-hydrogen) atoms. The van der Waals surface area contributed by atoms with Gasteiger partial charge in [-0.3, -0.25) is 9.79 Å². The van der Waals surface area contributed by atoms with Gasteiger partial charge in [-0.15, -0.1) is 11.8 Å². The van der Waals surface area contributed by atoms with Gasteiger partial charge in [0.15, 0.2) is 0 Å². The molecule has 0 aromatic heterocycles. The van der Waals surface area contributed by atoms with E-state index < -0.39 is 0 Å². The number of thioether (sulfide) groups is 1. The molecule has 1 aliphatic heterocycles. The summed E-state index contributed by atoms with van der Waals surface area (Å²) in [6, 6.07) is 19.8. The third-order valence-corrected chi connectivity index (χ3v) is 6.51. The summed E-state index contributed by atoms with van der Waals surface area (Å²) in [7, 11) is 1.62. The predicted molar refractivity (Wildman–Crippen MR) is 139 cm³/mol. The maximum atomic E-state index is 12.6. The highest BCUT2D eigenvalue weighted by molar-refractivity contribution is 8.14. The zero-order valence-corrected chi connectivity index (χ0v) is 20.1. The summed E-state index contributed by atoms with van der Waals surface area (Å²) in [4.78, 5) is 22.5. The first-order valence-corrected chi connectivity index (χ1v) is 11.8. The van der Waals surface area contributed by atoms with Crippen molar-refractivity contribution in [1.82, 2.24) is 0 Å². The van der Waals surface area contributed by atoms with Crippen LogP contribution in [0.3, 0.4) is 0 Å². The number of carbonyl (C=O) groups excluding carboxylic acids is 1. The van der Waals surface area contributed by atoms with Gasteiger partial charge in [-0.1, -0.05) is 29.8 Å². The lowest BCUT2D eigenvalue weighted by atomic mass is 10.1. The average molecular weight is 458 g/mol. The highest BCUT2D eigenvalue weighted by atomic mass is 32.2. The number of ether oxygens (including phenoxy) is 1. The Hall–Kier alpha value is -3.38. The van der Waals surface area contributed by atoms with Crippen LogP contribution in [0.1, 0.15) is 28.7 Å². The first kappa shape index (κ1) is 22.8. The molecule has 0 atom stereocenters. The van der Waals surface area contributed by atoms with E-state index in [1.54, 1.807) is 7.11 Å². The number of anilines is 1. The van der Waals surface area contributed by atoms with Gasteiger partial charge in [0, 0.05) is 12.1 Å². The van der Waals surface area contributed by atoms with Crippen molar-refractivity contribution in [2.75, 3.05) is 18.2 Å². The molecule has 0 radical (unpaired) electrons. The quantitative estimate of drug-likeness (QED) is 0.473. The number of amides is 1. The molecule has 1 N–H and O–H groups in total. The van der Waals surface area contributed by atoms with Crippen molar-refractivity contribution in [1.29, 1.82) is 0 Å². The van der Waals surface area contributed by atoms with E-state index in [-0.39, 0.29) is 11.7 Å². The van der Waals surface area contributed by atoms with Gasteiger partial charge in [0.25, 0.3) is 0 Å². The number of nitrogens with zero attached hydrogens (tertiary/aromatic N) is 2. The summed E-state index contributed by atoms with van der Waals surface area (Å²) < 4.78 is 5.17. The molecule has 0 unspecified atom stereocenters. The molecule has 0 saturated carbocycles. The van der Waals surface area contributed by atoms with Gasteiger partial charge in [0.1, 0.15) is 5.75 Å². The molecule has 5 nitrogen and oxygen atoms in total. The lowest BCUT2D eigenvalue weighted by molar-refractivity contribution is -0.113. The maximum Gasteiger partial charge on any atom is 0.234 e. The molecule has 0 saturated heterocycles. The Balaban J connectivity index is 1.55. The van der Waals surface area contributed by atoms with E-state index in [0.29, 0.717) is 6.42 Å². The van der Waals surface area contributed by atoms with Crippen molar-refractivity contribution in [2.24, 2.45) is 9.98 Å². The third-order valence-electron chi connectivity index (χ3n) is 5.54. The van der Waals surface area contributed by atoms with Crippen LogP contribution in [0.2, 0.25) is 0 Å². The minimum absolute atomic E-state index is 0.0775. The zero-order chi connectivity index (χ0) is 23.4. The molecule has 1 amide bonds. The van der Waals surface area contributed by atoms with E-state index >= 15 is 0 Å². The summed E-state index contributed by atoms with van der Waals surface area (Å²) in [5.41, 5.74) is 8.05. The summed E-state index contributed by atoms with van der Waals surface area (Å²) in [5.74, 6) is 0.945. The highest BCUT2D eigenvalue weighted by Gasteiger charge is 2.17. The summed E-state index contributed by atoms with van der Waals surface area (Å²) in [5, 5.41) is 3.81. The van der Waals surface area contributed by atoms with Crippen LogP contribution in [0, 0.1) is 20.8 Å². The SMILES string of the molecule is COc1ccc(NC(=O)CSC2=Nc3cc(C)c(C)cc3N=C(c3ccc(C)cc3)C2)cc1. The molecule has 3 aromatic carbocycles. The highest BCUT2D eigenvalue weighted by Crippen LogP contribution is 2.36. The molecule has 0 fully saturated rings. The van der Waals surface area contributed by atoms with Crippen LogP contribution in [0.15, 0.2) is 70.6 Å². The van der Waals surface area contributed by atoms with Crippen LogP contribution in [0.4, 0.5) is 17.1 Å². The molecular formula is C27H27N3O2S. The van der Waals surface area contributed by atoms with Gasteiger partial charge in [-0.25, -0.2) is 4.99 Å². The molecule has 3 aromatic rings. The number of carbonyl (C=O) groups is 1. The molecule has 0 bridgehead atoms. The van der Waals surface area contributed by atoms with Crippen LogP contribution >= 0.6 is 11.8 Å². The fraction of sp³-hybridized carbons (Fsp3) is 0.222. The number of benzene rings is 3. The van der Waals surface area contributed by atoms with Crippen molar-refractivity contribution in [2.45, 2.75) is 27.2 Å². The van der Waals surface area contributed by atoms with Gasteiger partial charge in [0.2, 0.25) is 5.91 Å². The van der Waals surface area contributed by atoms with Crippen LogP contribution in [0.5, 0.6) is 5.75 Å². The Morgan fingerprint density at radius 2 is 1.58 bits per heavy atom.